The van der Waals surface area contributed by atoms with Crippen molar-refractivity contribution in [3.63, 3.8) is 0 Å². The maximum atomic E-state index is 5.82. The molecule has 0 amide bonds. The highest BCUT2D eigenvalue weighted by atomic mass is 35.5. The van der Waals surface area contributed by atoms with E-state index in [1.54, 1.807) is 13.1 Å². The van der Waals surface area contributed by atoms with Crippen molar-refractivity contribution in [1.29, 1.82) is 0 Å². The van der Waals surface area contributed by atoms with Crippen LogP contribution in [-0.2, 0) is 0 Å². The van der Waals surface area contributed by atoms with E-state index in [2.05, 4.69) is 15.1 Å². The molecule has 2 aromatic rings. The topological polar surface area (TPSA) is 51.8 Å². The highest BCUT2D eigenvalue weighted by molar-refractivity contribution is 6.20. The Labute approximate surface area is 92.3 Å². The third-order valence-corrected chi connectivity index (χ3v) is 2.11. The number of aromatic nitrogens is 3. The minimum absolute atomic E-state index is 0.281. The number of hydrogen-bond donors (Lipinski definition) is 0. The van der Waals surface area contributed by atoms with Crippen LogP contribution in [0.25, 0.3) is 11.5 Å². The van der Waals surface area contributed by atoms with Gasteiger partial charge in [0, 0.05) is 6.20 Å². The number of alkyl halides is 1. The fourth-order valence-electron chi connectivity index (χ4n) is 1.16. The monoisotopic (exact) mass is 223 g/mol. The zero-order valence-electron chi connectivity index (χ0n) is 8.44. The van der Waals surface area contributed by atoms with Crippen molar-refractivity contribution in [2.75, 3.05) is 0 Å². The van der Waals surface area contributed by atoms with E-state index in [1.165, 1.54) is 0 Å². The summed E-state index contributed by atoms with van der Waals surface area (Å²) in [6.45, 7) is 3.76. The average molecular weight is 224 g/mol. The highest BCUT2D eigenvalue weighted by Gasteiger charge is 2.13. The molecule has 0 saturated heterocycles. The van der Waals surface area contributed by atoms with Gasteiger partial charge in [0.1, 0.15) is 11.1 Å². The largest absolute Gasteiger partial charge is 0.337 e. The summed E-state index contributed by atoms with van der Waals surface area (Å²) in [5, 5.41) is 3.53. The summed E-state index contributed by atoms with van der Waals surface area (Å²) in [5.41, 5.74) is 1.80. The molecule has 2 aromatic heterocycles. The van der Waals surface area contributed by atoms with Crippen molar-refractivity contribution in [2.24, 2.45) is 0 Å². The summed E-state index contributed by atoms with van der Waals surface area (Å²) in [6.07, 6.45) is 1.71. The molecule has 0 saturated carbocycles. The van der Waals surface area contributed by atoms with Crippen molar-refractivity contribution < 1.29 is 4.52 Å². The van der Waals surface area contributed by atoms with Crippen LogP contribution in [0.3, 0.4) is 0 Å². The van der Waals surface area contributed by atoms with Gasteiger partial charge in [0.25, 0.3) is 0 Å². The molecule has 78 valence electrons. The number of pyridine rings is 1. The molecule has 2 heterocycles. The van der Waals surface area contributed by atoms with Gasteiger partial charge >= 0.3 is 0 Å². The first-order valence-corrected chi connectivity index (χ1v) is 5.01. The predicted octanol–water partition coefficient (Wildman–Crippen LogP) is 2.74. The number of hydrogen-bond acceptors (Lipinski definition) is 4. The molecule has 2 rings (SSSR count). The van der Waals surface area contributed by atoms with Crippen LogP contribution in [0, 0.1) is 6.92 Å². The summed E-state index contributed by atoms with van der Waals surface area (Å²) in [4.78, 5) is 8.30. The summed E-state index contributed by atoms with van der Waals surface area (Å²) in [7, 11) is 0. The smallest absolute Gasteiger partial charge is 0.244 e. The van der Waals surface area contributed by atoms with E-state index in [9.17, 15) is 0 Å². The van der Waals surface area contributed by atoms with E-state index in [0.29, 0.717) is 17.4 Å². The molecule has 0 fully saturated rings. The molecule has 0 radical (unpaired) electrons. The quantitative estimate of drug-likeness (QED) is 0.735. The zero-order chi connectivity index (χ0) is 10.8. The summed E-state index contributed by atoms with van der Waals surface area (Å²) < 4.78 is 4.99. The molecule has 15 heavy (non-hydrogen) atoms. The molecule has 0 bridgehead atoms. The van der Waals surface area contributed by atoms with Gasteiger partial charge in [-0.05, 0) is 31.5 Å². The van der Waals surface area contributed by atoms with E-state index in [-0.39, 0.29) is 5.38 Å². The van der Waals surface area contributed by atoms with Gasteiger partial charge in [-0.2, -0.15) is 4.98 Å². The van der Waals surface area contributed by atoms with Gasteiger partial charge in [-0.3, -0.25) is 4.98 Å². The summed E-state index contributed by atoms with van der Waals surface area (Å²) >= 11 is 5.82. The number of aryl methyl sites for hydroxylation is 1. The zero-order valence-corrected chi connectivity index (χ0v) is 9.19. The Morgan fingerprint density at radius 2 is 2.27 bits per heavy atom. The van der Waals surface area contributed by atoms with E-state index in [1.807, 2.05) is 19.1 Å². The molecule has 0 aliphatic heterocycles. The van der Waals surface area contributed by atoms with Crippen LogP contribution in [0.15, 0.2) is 22.9 Å². The molecule has 0 spiro atoms. The van der Waals surface area contributed by atoms with Gasteiger partial charge in [-0.15, -0.1) is 11.6 Å². The van der Waals surface area contributed by atoms with Gasteiger partial charge in [0.15, 0.2) is 0 Å². The van der Waals surface area contributed by atoms with Crippen molar-refractivity contribution >= 4 is 11.6 Å². The van der Waals surface area contributed by atoms with Crippen LogP contribution in [0.5, 0.6) is 0 Å². The molecular formula is C10H10ClN3O. The average Bonchev–Trinajstić information content (AvgIpc) is 2.66. The summed E-state index contributed by atoms with van der Waals surface area (Å²) in [6, 6.07) is 3.81. The minimum Gasteiger partial charge on any atom is -0.337 e. The molecule has 0 aromatic carbocycles. The Morgan fingerprint density at radius 1 is 1.47 bits per heavy atom. The van der Waals surface area contributed by atoms with Crippen molar-refractivity contribution in [1.82, 2.24) is 15.1 Å². The number of rotatable bonds is 2. The predicted molar refractivity (Wildman–Crippen MR) is 56.5 cm³/mol. The fourth-order valence-corrected chi connectivity index (χ4v) is 1.25. The van der Waals surface area contributed by atoms with Gasteiger partial charge in [-0.1, -0.05) is 5.16 Å². The van der Waals surface area contributed by atoms with E-state index < -0.39 is 0 Å². The van der Waals surface area contributed by atoms with Crippen LogP contribution in [0.2, 0.25) is 0 Å². The van der Waals surface area contributed by atoms with Crippen LogP contribution >= 0.6 is 11.6 Å². The lowest BCUT2D eigenvalue weighted by Gasteiger charge is -1.94. The van der Waals surface area contributed by atoms with Crippen LogP contribution < -0.4 is 0 Å². The van der Waals surface area contributed by atoms with Crippen molar-refractivity contribution in [3.05, 3.63) is 29.8 Å². The number of halogens is 1. The normalized spacial score (nSPS) is 12.7. The van der Waals surface area contributed by atoms with Crippen LogP contribution in [-0.4, -0.2) is 15.1 Å². The first-order valence-electron chi connectivity index (χ1n) is 4.57. The lowest BCUT2D eigenvalue weighted by molar-refractivity contribution is 0.379. The second-order valence-corrected chi connectivity index (χ2v) is 3.95. The Morgan fingerprint density at radius 3 is 2.87 bits per heavy atom. The fraction of sp³-hybridized carbons (Fsp3) is 0.300. The SMILES string of the molecule is Cc1ccnc(-c2noc(C(C)Cl)n2)c1. The van der Waals surface area contributed by atoms with Crippen LogP contribution in [0.1, 0.15) is 23.8 Å². The molecule has 5 heteroatoms. The van der Waals surface area contributed by atoms with Gasteiger partial charge in [0.05, 0.1) is 0 Å². The van der Waals surface area contributed by atoms with Gasteiger partial charge in [0.2, 0.25) is 11.7 Å². The number of nitrogens with zero attached hydrogens (tertiary/aromatic N) is 3. The Kier molecular flexibility index (Phi) is 2.68. The van der Waals surface area contributed by atoms with E-state index in [0.717, 1.165) is 5.56 Å². The lowest BCUT2D eigenvalue weighted by atomic mass is 10.2. The first kappa shape index (κ1) is 10.1. The molecule has 1 unspecified atom stereocenters. The van der Waals surface area contributed by atoms with Gasteiger partial charge in [-0.25, -0.2) is 0 Å². The third-order valence-electron chi connectivity index (χ3n) is 1.93. The second-order valence-electron chi connectivity index (χ2n) is 3.29. The maximum absolute atomic E-state index is 5.82. The van der Waals surface area contributed by atoms with Crippen molar-refractivity contribution in [2.45, 2.75) is 19.2 Å². The van der Waals surface area contributed by atoms with Gasteiger partial charge < -0.3 is 4.52 Å². The highest BCUT2D eigenvalue weighted by Crippen LogP contribution is 2.20. The van der Waals surface area contributed by atoms with E-state index in [4.69, 9.17) is 16.1 Å². The first-order chi connectivity index (χ1) is 7.16. The third kappa shape index (κ3) is 2.15. The second kappa shape index (κ2) is 3.98. The van der Waals surface area contributed by atoms with Crippen molar-refractivity contribution in [3.8, 4) is 11.5 Å². The standard InChI is InChI=1S/C10H10ClN3O/c1-6-3-4-12-8(5-6)9-13-10(7(2)11)15-14-9/h3-5,7H,1-2H3. The molecular weight excluding hydrogens is 214 g/mol. The molecule has 0 aliphatic rings. The molecule has 4 nitrogen and oxygen atoms in total. The maximum Gasteiger partial charge on any atom is 0.244 e. The minimum atomic E-state index is -0.281. The summed E-state index contributed by atoms with van der Waals surface area (Å²) in [5.74, 6) is 0.885. The molecule has 1 atom stereocenters. The Bertz CT molecular complexity index is 467. The Balaban J connectivity index is 2.37. The lowest BCUT2D eigenvalue weighted by Crippen LogP contribution is -1.87. The molecule has 0 N–H and O–H groups in total. The van der Waals surface area contributed by atoms with E-state index >= 15 is 0 Å². The Hall–Kier alpha value is -1.42. The van der Waals surface area contributed by atoms with Crippen LogP contribution in [0.4, 0.5) is 0 Å². The molecule has 0 aliphatic carbocycles.